The fourth-order valence-electron chi connectivity index (χ4n) is 9.40. The molecule has 1 saturated heterocycles. The highest BCUT2D eigenvalue weighted by molar-refractivity contribution is 7.86. The first-order valence-corrected chi connectivity index (χ1v) is 16.0. The van der Waals surface area contributed by atoms with Gasteiger partial charge in [0, 0.05) is 31.3 Å². The fraction of sp³-hybridized carbons (Fsp3) is 0.929. The summed E-state index contributed by atoms with van der Waals surface area (Å²) in [4.78, 5) is 29.9. The number of hydrogen-bond acceptors (Lipinski definition) is 8. The van der Waals surface area contributed by atoms with Crippen molar-refractivity contribution < 1.29 is 32.0 Å². The van der Waals surface area contributed by atoms with Gasteiger partial charge in [-0.1, -0.05) is 13.8 Å². The molecule has 5 fully saturated rings. The largest absolute Gasteiger partial charge is 0.393 e. The molecular formula is C28H45NO7S. The number of Topliss-reactive ketones (excluding diaryl/α,β-unsaturated/α-hetero) is 2. The maximum atomic E-state index is 14.2. The summed E-state index contributed by atoms with van der Waals surface area (Å²) >= 11 is 0. The Morgan fingerprint density at radius 3 is 2.51 bits per heavy atom. The van der Waals surface area contributed by atoms with E-state index in [-0.39, 0.29) is 40.8 Å². The van der Waals surface area contributed by atoms with Gasteiger partial charge < -0.3 is 9.84 Å². The molecule has 0 aromatic rings. The summed E-state index contributed by atoms with van der Waals surface area (Å²) in [5, 5.41) is 10.3. The minimum absolute atomic E-state index is 0.00575. The number of morpholine rings is 1. The van der Waals surface area contributed by atoms with Crippen LogP contribution in [0.4, 0.5) is 0 Å². The van der Waals surface area contributed by atoms with Gasteiger partial charge in [-0.15, -0.1) is 0 Å². The minimum Gasteiger partial charge on any atom is -0.393 e. The number of fused-ring (bicyclic) bond motifs is 5. The summed E-state index contributed by atoms with van der Waals surface area (Å²) < 4.78 is 35.8. The van der Waals surface area contributed by atoms with E-state index in [1.807, 2.05) is 13.8 Å². The highest BCUT2D eigenvalue weighted by atomic mass is 32.2. The van der Waals surface area contributed by atoms with Gasteiger partial charge in [-0.2, -0.15) is 8.42 Å². The van der Waals surface area contributed by atoms with Gasteiger partial charge in [-0.25, -0.2) is 4.18 Å². The first-order valence-electron chi connectivity index (χ1n) is 14.2. The van der Waals surface area contributed by atoms with Gasteiger partial charge in [-0.05, 0) is 87.4 Å². The predicted molar refractivity (Wildman–Crippen MR) is 138 cm³/mol. The zero-order valence-electron chi connectivity index (χ0n) is 23.1. The minimum atomic E-state index is -3.88. The van der Waals surface area contributed by atoms with Crippen molar-refractivity contribution in [3.8, 4) is 0 Å². The van der Waals surface area contributed by atoms with Crippen molar-refractivity contribution in [3.63, 3.8) is 0 Å². The molecule has 37 heavy (non-hydrogen) atoms. The van der Waals surface area contributed by atoms with Gasteiger partial charge in [0.25, 0.3) is 10.1 Å². The van der Waals surface area contributed by atoms with Crippen LogP contribution in [0.25, 0.3) is 0 Å². The van der Waals surface area contributed by atoms with E-state index in [1.54, 1.807) is 4.90 Å². The molecule has 5 rings (SSSR count). The molecule has 9 atom stereocenters. The lowest BCUT2D eigenvalue weighted by Crippen LogP contribution is -2.60. The molecular weight excluding hydrogens is 494 g/mol. The second-order valence-corrected chi connectivity index (χ2v) is 15.5. The Labute approximate surface area is 222 Å². The lowest BCUT2D eigenvalue weighted by molar-refractivity contribution is -0.168. The summed E-state index contributed by atoms with van der Waals surface area (Å²) in [7, 11) is -3.88. The van der Waals surface area contributed by atoms with Crippen LogP contribution in [-0.2, 0) is 28.6 Å². The van der Waals surface area contributed by atoms with Gasteiger partial charge in [0.1, 0.15) is 5.78 Å². The van der Waals surface area contributed by atoms with Crippen LogP contribution in [0.15, 0.2) is 0 Å². The van der Waals surface area contributed by atoms with E-state index in [4.69, 9.17) is 8.92 Å². The molecule has 5 aliphatic rings. The van der Waals surface area contributed by atoms with Crippen LogP contribution in [0.3, 0.4) is 0 Å². The van der Waals surface area contributed by atoms with Crippen LogP contribution < -0.4 is 0 Å². The number of carbonyl (C=O) groups excluding carboxylic acids is 2. The quantitative estimate of drug-likeness (QED) is 0.531. The average Bonchev–Trinajstić information content (AvgIpc) is 3.12. The van der Waals surface area contributed by atoms with Crippen LogP contribution in [0.1, 0.15) is 79.1 Å². The van der Waals surface area contributed by atoms with Crippen LogP contribution in [-0.4, -0.2) is 73.9 Å². The highest BCUT2D eigenvalue weighted by Gasteiger charge is 2.64. The van der Waals surface area contributed by atoms with Gasteiger partial charge in [-0.3, -0.25) is 14.5 Å². The molecule has 8 nitrogen and oxygen atoms in total. The second kappa shape index (κ2) is 9.36. The molecule has 0 radical (unpaired) electrons. The fourth-order valence-corrected chi connectivity index (χ4v) is 9.94. The van der Waals surface area contributed by atoms with E-state index >= 15 is 0 Å². The van der Waals surface area contributed by atoms with Crippen LogP contribution >= 0.6 is 0 Å². The van der Waals surface area contributed by atoms with Crippen molar-refractivity contribution >= 4 is 21.7 Å². The predicted octanol–water partition coefficient (Wildman–Crippen LogP) is 3.17. The lowest BCUT2D eigenvalue weighted by Gasteiger charge is -2.59. The second-order valence-electron chi connectivity index (χ2n) is 13.9. The number of carbonyl (C=O) groups is 2. The van der Waals surface area contributed by atoms with Crippen molar-refractivity contribution in [1.82, 2.24) is 4.90 Å². The molecule has 0 aromatic heterocycles. The zero-order valence-corrected chi connectivity index (χ0v) is 23.9. The van der Waals surface area contributed by atoms with Crippen LogP contribution in [0, 0.1) is 40.4 Å². The molecule has 1 N–H and O–H groups in total. The summed E-state index contributed by atoms with van der Waals surface area (Å²) in [6.07, 6.45) is 5.85. The van der Waals surface area contributed by atoms with Gasteiger partial charge in [0.15, 0.2) is 12.0 Å². The van der Waals surface area contributed by atoms with Crippen LogP contribution in [0.5, 0.6) is 0 Å². The Hall–Kier alpha value is -0.870. The molecule has 0 aromatic carbocycles. The highest BCUT2D eigenvalue weighted by Crippen LogP contribution is 2.66. The van der Waals surface area contributed by atoms with Gasteiger partial charge in [0.05, 0.1) is 24.6 Å². The number of hydrogen-bond donors (Lipinski definition) is 1. The third kappa shape index (κ3) is 4.85. The molecule has 1 heterocycles. The molecule has 0 spiro atoms. The Morgan fingerprint density at radius 2 is 1.84 bits per heavy atom. The van der Waals surface area contributed by atoms with E-state index in [2.05, 4.69) is 13.8 Å². The first kappa shape index (κ1) is 27.7. The van der Waals surface area contributed by atoms with Crippen molar-refractivity contribution in [3.05, 3.63) is 0 Å². The maximum absolute atomic E-state index is 14.2. The van der Waals surface area contributed by atoms with E-state index in [1.165, 1.54) is 0 Å². The van der Waals surface area contributed by atoms with Crippen molar-refractivity contribution in [2.45, 2.75) is 97.0 Å². The Bertz CT molecular complexity index is 1040. The third-order valence-corrected chi connectivity index (χ3v) is 11.5. The number of ketones is 2. The standard InChI is InChI=1S/C28H45NO7S/c1-26(2)16-29(12-13-35-26)25(36-37(5,33)34)24(32)21-9-8-20-19-7-6-17-14-18(30)10-11-27(17,3)23(19)22(31)15-28(20,21)4/h17-21,23,25,30H,6-16H2,1-5H3/t17-,18+,19-,20-,21+,23+,25?,27-,28-/m0/s1. The van der Waals surface area contributed by atoms with Gasteiger partial charge >= 0.3 is 0 Å². The van der Waals surface area contributed by atoms with Crippen molar-refractivity contribution in [2.75, 3.05) is 26.0 Å². The molecule has 1 aliphatic heterocycles. The van der Waals surface area contributed by atoms with E-state index in [0.717, 1.165) is 44.8 Å². The smallest absolute Gasteiger partial charge is 0.266 e. The summed E-state index contributed by atoms with van der Waals surface area (Å²) in [6.45, 7) is 9.42. The Morgan fingerprint density at radius 1 is 1.11 bits per heavy atom. The van der Waals surface area contributed by atoms with Crippen molar-refractivity contribution in [2.24, 2.45) is 40.4 Å². The lowest BCUT2D eigenvalue weighted by atomic mass is 9.44. The monoisotopic (exact) mass is 539 g/mol. The van der Waals surface area contributed by atoms with Crippen LogP contribution in [0.2, 0.25) is 0 Å². The first-order chi connectivity index (χ1) is 17.1. The number of nitrogens with zero attached hydrogens (tertiary/aromatic N) is 1. The normalized spacial score (nSPS) is 45.0. The van der Waals surface area contributed by atoms with E-state index in [9.17, 15) is 23.1 Å². The summed E-state index contributed by atoms with van der Waals surface area (Å²) in [5.74, 6) is 0.514. The van der Waals surface area contributed by atoms with E-state index in [0.29, 0.717) is 38.5 Å². The molecule has 0 amide bonds. The molecule has 1 unspecified atom stereocenters. The Balaban J connectivity index is 1.42. The number of aliphatic hydroxyl groups is 1. The maximum Gasteiger partial charge on any atom is 0.266 e. The van der Waals surface area contributed by atoms with Gasteiger partial charge in [0.2, 0.25) is 0 Å². The number of rotatable bonds is 5. The number of aliphatic hydroxyl groups excluding tert-OH is 1. The summed E-state index contributed by atoms with van der Waals surface area (Å²) in [6, 6.07) is 0. The zero-order chi connectivity index (χ0) is 27.0. The molecule has 0 bridgehead atoms. The number of ether oxygens (including phenoxy) is 1. The molecule has 9 heteroatoms. The topological polar surface area (TPSA) is 110 Å². The SMILES string of the molecule is CC1(C)CN(C(OS(C)(=O)=O)C(=O)[C@H]2CC[C@H]3[C@@H]4CC[C@H]5C[C@H](O)CC[C@]5(C)[C@H]4C(=O)C[C@]23C)CCO1. The molecule has 210 valence electrons. The molecule has 4 saturated carbocycles. The van der Waals surface area contributed by atoms with E-state index < -0.39 is 33.3 Å². The third-order valence-electron chi connectivity index (χ3n) is 11.0. The summed E-state index contributed by atoms with van der Waals surface area (Å²) in [5.41, 5.74) is -1.09. The molecule has 4 aliphatic carbocycles. The van der Waals surface area contributed by atoms with Crippen molar-refractivity contribution in [1.29, 1.82) is 0 Å². The Kier molecular flexibility index (Phi) is 7.00. The average molecular weight is 540 g/mol.